The average Bonchev–Trinajstić information content (AvgIpc) is 2.25. The van der Waals surface area contributed by atoms with E-state index < -0.39 is 0 Å². The lowest BCUT2D eigenvalue weighted by molar-refractivity contribution is 0.729. The standard InChI is InChI=1S/C12H13ClN2/c1-2-14-8-10-7-11(13)6-9-4-3-5-15-12(9)10/h3-7,14H,2,8H2,1H3. The van der Waals surface area contributed by atoms with Crippen LogP contribution in [0.3, 0.4) is 0 Å². The van der Waals surface area contributed by atoms with Crippen LogP contribution in [-0.2, 0) is 6.54 Å². The number of nitrogens with zero attached hydrogens (tertiary/aromatic N) is 1. The Balaban J connectivity index is 2.50. The van der Waals surface area contributed by atoms with Crippen LogP contribution in [0.4, 0.5) is 0 Å². The van der Waals surface area contributed by atoms with E-state index in [-0.39, 0.29) is 0 Å². The number of pyridine rings is 1. The van der Waals surface area contributed by atoms with E-state index in [1.54, 1.807) is 0 Å². The molecule has 1 aromatic heterocycles. The van der Waals surface area contributed by atoms with Crippen molar-refractivity contribution in [3.8, 4) is 0 Å². The lowest BCUT2D eigenvalue weighted by Crippen LogP contribution is -2.12. The molecule has 2 aromatic rings. The second-order valence-corrected chi connectivity index (χ2v) is 3.86. The molecule has 0 radical (unpaired) electrons. The van der Waals surface area contributed by atoms with Gasteiger partial charge in [-0.1, -0.05) is 24.6 Å². The summed E-state index contributed by atoms with van der Waals surface area (Å²) < 4.78 is 0. The Kier molecular flexibility index (Phi) is 3.19. The summed E-state index contributed by atoms with van der Waals surface area (Å²) in [4.78, 5) is 4.38. The summed E-state index contributed by atoms with van der Waals surface area (Å²) in [7, 11) is 0. The zero-order chi connectivity index (χ0) is 10.7. The minimum atomic E-state index is 0.767. The first-order valence-electron chi connectivity index (χ1n) is 5.05. The first kappa shape index (κ1) is 10.4. The van der Waals surface area contributed by atoms with E-state index in [1.807, 2.05) is 30.5 Å². The van der Waals surface area contributed by atoms with Gasteiger partial charge in [0.15, 0.2) is 0 Å². The van der Waals surface area contributed by atoms with Crippen molar-refractivity contribution in [3.05, 3.63) is 41.0 Å². The molecular weight excluding hydrogens is 208 g/mol. The number of rotatable bonds is 3. The molecule has 0 aliphatic carbocycles. The van der Waals surface area contributed by atoms with Crippen LogP contribution in [0, 0.1) is 0 Å². The Morgan fingerprint density at radius 2 is 2.27 bits per heavy atom. The van der Waals surface area contributed by atoms with Crippen LogP contribution in [0.15, 0.2) is 30.5 Å². The topological polar surface area (TPSA) is 24.9 Å². The Bertz CT molecular complexity index is 468. The van der Waals surface area contributed by atoms with Gasteiger partial charge in [-0.05, 0) is 30.3 Å². The maximum Gasteiger partial charge on any atom is 0.0747 e. The summed E-state index contributed by atoms with van der Waals surface area (Å²) in [5.74, 6) is 0. The van der Waals surface area contributed by atoms with Crippen molar-refractivity contribution in [2.45, 2.75) is 13.5 Å². The van der Waals surface area contributed by atoms with Gasteiger partial charge >= 0.3 is 0 Å². The molecule has 78 valence electrons. The van der Waals surface area contributed by atoms with Crippen molar-refractivity contribution in [1.82, 2.24) is 10.3 Å². The van der Waals surface area contributed by atoms with Gasteiger partial charge in [-0.3, -0.25) is 4.98 Å². The number of benzene rings is 1. The van der Waals surface area contributed by atoms with Crippen molar-refractivity contribution in [2.75, 3.05) is 6.54 Å². The molecule has 1 N–H and O–H groups in total. The van der Waals surface area contributed by atoms with E-state index in [1.165, 1.54) is 0 Å². The smallest absolute Gasteiger partial charge is 0.0747 e. The van der Waals surface area contributed by atoms with E-state index >= 15 is 0 Å². The highest BCUT2D eigenvalue weighted by molar-refractivity contribution is 6.31. The van der Waals surface area contributed by atoms with Crippen LogP contribution in [0.25, 0.3) is 10.9 Å². The summed E-state index contributed by atoms with van der Waals surface area (Å²) in [6.07, 6.45) is 1.81. The molecule has 0 saturated carbocycles. The average molecular weight is 221 g/mol. The van der Waals surface area contributed by atoms with Gasteiger partial charge < -0.3 is 5.32 Å². The van der Waals surface area contributed by atoms with Gasteiger partial charge in [0.25, 0.3) is 0 Å². The molecule has 0 bridgehead atoms. The Morgan fingerprint density at radius 3 is 3.07 bits per heavy atom. The first-order valence-corrected chi connectivity index (χ1v) is 5.43. The zero-order valence-electron chi connectivity index (χ0n) is 8.63. The van der Waals surface area contributed by atoms with E-state index in [4.69, 9.17) is 11.6 Å². The number of hydrogen-bond donors (Lipinski definition) is 1. The third-order valence-electron chi connectivity index (χ3n) is 2.31. The van der Waals surface area contributed by atoms with Gasteiger partial charge in [-0.25, -0.2) is 0 Å². The molecule has 2 nitrogen and oxygen atoms in total. The second kappa shape index (κ2) is 4.60. The summed E-state index contributed by atoms with van der Waals surface area (Å²) >= 11 is 6.05. The van der Waals surface area contributed by atoms with Gasteiger partial charge in [-0.2, -0.15) is 0 Å². The summed E-state index contributed by atoms with van der Waals surface area (Å²) in [5, 5.41) is 5.15. The minimum Gasteiger partial charge on any atom is -0.313 e. The molecule has 0 unspecified atom stereocenters. The number of nitrogens with one attached hydrogen (secondary N) is 1. The van der Waals surface area contributed by atoms with E-state index in [2.05, 4.69) is 17.2 Å². The Labute approximate surface area is 94.3 Å². The molecule has 0 saturated heterocycles. The van der Waals surface area contributed by atoms with Gasteiger partial charge in [0.2, 0.25) is 0 Å². The molecule has 1 heterocycles. The molecule has 15 heavy (non-hydrogen) atoms. The number of halogens is 1. The molecule has 0 spiro atoms. The van der Waals surface area contributed by atoms with Crippen molar-refractivity contribution >= 4 is 22.5 Å². The van der Waals surface area contributed by atoms with Crippen LogP contribution < -0.4 is 5.32 Å². The van der Waals surface area contributed by atoms with Gasteiger partial charge in [0.1, 0.15) is 0 Å². The first-order chi connectivity index (χ1) is 7.31. The van der Waals surface area contributed by atoms with Gasteiger partial charge in [0.05, 0.1) is 5.52 Å². The molecule has 0 aliphatic heterocycles. The molecule has 3 heteroatoms. The monoisotopic (exact) mass is 220 g/mol. The third kappa shape index (κ3) is 2.28. The van der Waals surface area contributed by atoms with Crippen LogP contribution >= 0.6 is 11.6 Å². The summed E-state index contributed by atoms with van der Waals surface area (Å²) in [6, 6.07) is 7.87. The van der Waals surface area contributed by atoms with Crippen LogP contribution in [0.1, 0.15) is 12.5 Å². The number of aromatic nitrogens is 1. The number of hydrogen-bond acceptors (Lipinski definition) is 2. The lowest BCUT2D eigenvalue weighted by atomic mass is 10.1. The zero-order valence-corrected chi connectivity index (χ0v) is 9.38. The summed E-state index contributed by atoms with van der Waals surface area (Å²) in [6.45, 7) is 3.84. The van der Waals surface area contributed by atoms with Crippen molar-refractivity contribution in [1.29, 1.82) is 0 Å². The normalized spacial score (nSPS) is 10.8. The molecule has 0 fully saturated rings. The molecule has 0 amide bonds. The van der Waals surface area contributed by atoms with Crippen molar-refractivity contribution < 1.29 is 0 Å². The maximum atomic E-state index is 6.05. The van der Waals surface area contributed by atoms with E-state index in [9.17, 15) is 0 Å². The highest BCUT2D eigenvalue weighted by atomic mass is 35.5. The largest absolute Gasteiger partial charge is 0.313 e. The Hall–Kier alpha value is -1.12. The third-order valence-corrected chi connectivity index (χ3v) is 2.53. The van der Waals surface area contributed by atoms with E-state index in [0.29, 0.717) is 0 Å². The minimum absolute atomic E-state index is 0.767. The van der Waals surface area contributed by atoms with Gasteiger partial charge in [-0.15, -0.1) is 0 Å². The molecule has 0 aliphatic rings. The highest BCUT2D eigenvalue weighted by Gasteiger charge is 2.03. The lowest BCUT2D eigenvalue weighted by Gasteiger charge is -2.06. The van der Waals surface area contributed by atoms with Crippen molar-refractivity contribution in [3.63, 3.8) is 0 Å². The molecule has 2 rings (SSSR count). The quantitative estimate of drug-likeness (QED) is 0.860. The predicted octanol–water partition coefficient (Wildman–Crippen LogP) is 3.00. The summed E-state index contributed by atoms with van der Waals surface area (Å²) in [5.41, 5.74) is 2.18. The number of fused-ring (bicyclic) bond motifs is 1. The van der Waals surface area contributed by atoms with Crippen LogP contribution in [0.5, 0.6) is 0 Å². The molecule has 0 atom stereocenters. The fourth-order valence-electron chi connectivity index (χ4n) is 1.62. The van der Waals surface area contributed by atoms with Crippen LogP contribution in [0.2, 0.25) is 5.02 Å². The Morgan fingerprint density at radius 1 is 1.40 bits per heavy atom. The fraction of sp³-hybridized carbons (Fsp3) is 0.250. The molecule has 1 aromatic carbocycles. The fourth-order valence-corrected chi connectivity index (χ4v) is 1.87. The van der Waals surface area contributed by atoms with Crippen molar-refractivity contribution in [2.24, 2.45) is 0 Å². The SMILES string of the molecule is CCNCc1cc(Cl)cc2cccnc12. The van der Waals surface area contributed by atoms with Gasteiger partial charge in [0, 0.05) is 23.2 Å². The second-order valence-electron chi connectivity index (χ2n) is 3.42. The molecular formula is C12H13ClN2. The maximum absolute atomic E-state index is 6.05. The highest BCUT2D eigenvalue weighted by Crippen LogP contribution is 2.21. The predicted molar refractivity (Wildman–Crippen MR) is 64.1 cm³/mol. The van der Waals surface area contributed by atoms with Crippen LogP contribution in [-0.4, -0.2) is 11.5 Å². The van der Waals surface area contributed by atoms with E-state index in [0.717, 1.165) is 34.6 Å².